The Balaban J connectivity index is 1.91. The molecule has 0 aliphatic carbocycles. The van der Waals surface area contributed by atoms with Gasteiger partial charge in [0.05, 0.1) is 0 Å². The van der Waals surface area contributed by atoms with E-state index >= 15 is 0 Å². The molecule has 1 aliphatic heterocycles. The fourth-order valence-electron chi connectivity index (χ4n) is 2.05. The second kappa shape index (κ2) is 7.42. The lowest BCUT2D eigenvalue weighted by Crippen LogP contribution is -2.41. The van der Waals surface area contributed by atoms with Gasteiger partial charge in [-0.3, -0.25) is 4.79 Å². The van der Waals surface area contributed by atoms with Crippen LogP contribution in [0, 0.1) is 0 Å². The van der Waals surface area contributed by atoms with E-state index < -0.39 is 5.97 Å². The van der Waals surface area contributed by atoms with Crippen LogP contribution in [0.2, 0.25) is 0 Å². The molecule has 1 heterocycles. The van der Waals surface area contributed by atoms with Gasteiger partial charge in [0.1, 0.15) is 11.3 Å². The molecule has 0 radical (unpaired) electrons. The molecule has 0 saturated carbocycles. The molecule has 0 spiro atoms. The van der Waals surface area contributed by atoms with Crippen molar-refractivity contribution in [2.24, 2.45) is 0 Å². The van der Waals surface area contributed by atoms with Crippen LogP contribution in [0.25, 0.3) is 0 Å². The van der Waals surface area contributed by atoms with Crippen molar-refractivity contribution in [1.82, 2.24) is 5.32 Å². The van der Waals surface area contributed by atoms with Crippen LogP contribution in [-0.2, 0) is 9.53 Å². The molecule has 0 aromatic heterocycles. The monoisotopic (exact) mass is 357 g/mol. The van der Waals surface area contributed by atoms with Crippen LogP contribution < -0.4 is 10.1 Å². The van der Waals surface area contributed by atoms with Crippen LogP contribution in [0.15, 0.2) is 22.7 Å². The van der Waals surface area contributed by atoms with Gasteiger partial charge in [-0.2, -0.15) is 0 Å². The fourth-order valence-corrected chi connectivity index (χ4v) is 2.39. The second-order valence-electron chi connectivity index (χ2n) is 4.69. The van der Waals surface area contributed by atoms with E-state index in [1.54, 1.807) is 6.07 Å². The second-order valence-corrected chi connectivity index (χ2v) is 5.60. The SMILES string of the molecule is O=C(COc1cc(Br)ccc1C(=O)O)NC1CCOCC1. The number of hydrogen-bond acceptors (Lipinski definition) is 4. The Kier molecular flexibility index (Phi) is 5.58. The van der Waals surface area contributed by atoms with Crippen molar-refractivity contribution >= 4 is 27.8 Å². The highest BCUT2D eigenvalue weighted by Crippen LogP contribution is 2.23. The molecule has 114 valence electrons. The topological polar surface area (TPSA) is 84.9 Å². The maximum absolute atomic E-state index is 11.8. The number of ether oxygens (including phenoxy) is 2. The first-order valence-electron chi connectivity index (χ1n) is 6.59. The summed E-state index contributed by atoms with van der Waals surface area (Å²) in [6.45, 7) is 1.06. The number of hydrogen-bond donors (Lipinski definition) is 2. The van der Waals surface area contributed by atoms with Crippen molar-refractivity contribution < 1.29 is 24.2 Å². The van der Waals surface area contributed by atoms with Crippen LogP contribution >= 0.6 is 15.9 Å². The van der Waals surface area contributed by atoms with Crippen molar-refractivity contribution in [3.63, 3.8) is 0 Å². The average Bonchev–Trinajstić information content (AvgIpc) is 2.46. The van der Waals surface area contributed by atoms with Gasteiger partial charge in [0.15, 0.2) is 6.61 Å². The molecule has 0 unspecified atom stereocenters. The lowest BCUT2D eigenvalue weighted by Gasteiger charge is -2.23. The average molecular weight is 358 g/mol. The summed E-state index contributed by atoms with van der Waals surface area (Å²) < 4.78 is 11.2. The van der Waals surface area contributed by atoms with Crippen molar-refractivity contribution in [1.29, 1.82) is 0 Å². The van der Waals surface area contributed by atoms with Gasteiger partial charge >= 0.3 is 5.97 Å². The summed E-state index contributed by atoms with van der Waals surface area (Å²) in [5, 5.41) is 11.9. The zero-order chi connectivity index (χ0) is 15.2. The van der Waals surface area contributed by atoms with Gasteiger partial charge in [-0.1, -0.05) is 15.9 Å². The first-order chi connectivity index (χ1) is 10.1. The molecule has 7 heteroatoms. The summed E-state index contributed by atoms with van der Waals surface area (Å²) in [6, 6.07) is 4.66. The Morgan fingerprint density at radius 1 is 1.38 bits per heavy atom. The highest BCUT2D eigenvalue weighted by molar-refractivity contribution is 9.10. The van der Waals surface area contributed by atoms with Crippen molar-refractivity contribution in [2.75, 3.05) is 19.8 Å². The first-order valence-corrected chi connectivity index (χ1v) is 7.38. The van der Waals surface area contributed by atoms with Gasteiger partial charge in [-0.25, -0.2) is 4.79 Å². The largest absolute Gasteiger partial charge is 0.483 e. The number of aromatic carboxylic acids is 1. The molecule has 2 rings (SSSR count). The number of carboxylic acid groups (broad SMARTS) is 1. The molecule has 21 heavy (non-hydrogen) atoms. The Morgan fingerprint density at radius 3 is 2.76 bits per heavy atom. The maximum atomic E-state index is 11.8. The molecule has 0 atom stereocenters. The highest BCUT2D eigenvalue weighted by Gasteiger charge is 2.17. The molecule has 1 saturated heterocycles. The first kappa shape index (κ1) is 15.8. The number of nitrogens with one attached hydrogen (secondary N) is 1. The molecule has 1 fully saturated rings. The predicted molar refractivity (Wildman–Crippen MR) is 78.6 cm³/mol. The summed E-state index contributed by atoms with van der Waals surface area (Å²) >= 11 is 3.24. The Hall–Kier alpha value is -1.60. The smallest absolute Gasteiger partial charge is 0.339 e. The Morgan fingerprint density at radius 2 is 2.10 bits per heavy atom. The van der Waals surface area contributed by atoms with Crippen molar-refractivity contribution in [3.8, 4) is 5.75 Å². The van der Waals surface area contributed by atoms with E-state index in [0.717, 1.165) is 12.8 Å². The Labute approximate surface area is 130 Å². The van der Waals surface area contributed by atoms with Crippen LogP contribution in [0.1, 0.15) is 23.2 Å². The maximum Gasteiger partial charge on any atom is 0.339 e. The normalized spacial score (nSPS) is 15.5. The zero-order valence-electron chi connectivity index (χ0n) is 11.3. The van der Waals surface area contributed by atoms with Crippen molar-refractivity contribution in [2.45, 2.75) is 18.9 Å². The molecule has 1 amide bonds. The minimum absolute atomic E-state index is 0.0251. The third-order valence-electron chi connectivity index (χ3n) is 3.12. The predicted octanol–water partition coefficient (Wildman–Crippen LogP) is 1.82. The number of carboxylic acids is 1. The van der Waals surface area contributed by atoms with Crippen LogP contribution in [-0.4, -0.2) is 42.8 Å². The molecule has 0 bridgehead atoms. The van der Waals surface area contributed by atoms with Crippen LogP contribution in [0.4, 0.5) is 0 Å². The van der Waals surface area contributed by atoms with E-state index in [4.69, 9.17) is 14.6 Å². The summed E-state index contributed by atoms with van der Waals surface area (Å²) in [4.78, 5) is 22.9. The van der Waals surface area contributed by atoms with E-state index in [0.29, 0.717) is 17.7 Å². The van der Waals surface area contributed by atoms with Gasteiger partial charge in [-0.05, 0) is 31.0 Å². The van der Waals surface area contributed by atoms with Crippen LogP contribution in [0.5, 0.6) is 5.75 Å². The van der Waals surface area contributed by atoms with Gasteiger partial charge in [0.25, 0.3) is 5.91 Å². The molecule has 6 nitrogen and oxygen atoms in total. The van der Waals surface area contributed by atoms with E-state index in [2.05, 4.69) is 21.2 Å². The Bertz CT molecular complexity index is 528. The minimum Gasteiger partial charge on any atom is -0.483 e. The fraction of sp³-hybridized carbons (Fsp3) is 0.429. The third-order valence-corrected chi connectivity index (χ3v) is 3.61. The molecule has 2 N–H and O–H groups in total. The van der Waals surface area contributed by atoms with Gasteiger partial charge in [0, 0.05) is 23.7 Å². The van der Waals surface area contributed by atoms with E-state index in [-0.39, 0.29) is 29.9 Å². The molecular weight excluding hydrogens is 342 g/mol. The minimum atomic E-state index is -1.10. The lowest BCUT2D eigenvalue weighted by molar-refractivity contribution is -0.124. The third kappa shape index (κ3) is 4.71. The number of benzene rings is 1. The van der Waals surface area contributed by atoms with Crippen molar-refractivity contribution in [3.05, 3.63) is 28.2 Å². The quantitative estimate of drug-likeness (QED) is 0.839. The molecule has 1 aromatic rings. The van der Waals surface area contributed by atoms with E-state index in [1.165, 1.54) is 12.1 Å². The number of halogens is 1. The van der Waals surface area contributed by atoms with E-state index in [1.807, 2.05) is 0 Å². The molecule has 1 aromatic carbocycles. The highest BCUT2D eigenvalue weighted by atomic mass is 79.9. The lowest BCUT2D eigenvalue weighted by atomic mass is 10.1. The van der Waals surface area contributed by atoms with Gasteiger partial charge < -0.3 is 19.9 Å². The number of amides is 1. The molecular formula is C14H16BrNO5. The van der Waals surface area contributed by atoms with Gasteiger partial charge in [0.2, 0.25) is 0 Å². The molecule has 1 aliphatic rings. The zero-order valence-corrected chi connectivity index (χ0v) is 12.9. The van der Waals surface area contributed by atoms with E-state index in [9.17, 15) is 9.59 Å². The summed E-state index contributed by atoms with van der Waals surface area (Å²) in [6.07, 6.45) is 1.56. The van der Waals surface area contributed by atoms with Gasteiger partial charge in [-0.15, -0.1) is 0 Å². The summed E-state index contributed by atoms with van der Waals surface area (Å²) in [7, 11) is 0. The number of rotatable bonds is 5. The van der Waals surface area contributed by atoms with Crippen LogP contribution in [0.3, 0.4) is 0 Å². The standard InChI is InChI=1S/C14H16BrNO5/c15-9-1-2-11(14(18)19)12(7-9)21-8-13(17)16-10-3-5-20-6-4-10/h1-2,7,10H,3-6,8H2,(H,16,17)(H,18,19). The number of carbonyl (C=O) groups excluding carboxylic acids is 1. The summed E-state index contributed by atoms with van der Waals surface area (Å²) in [5.74, 6) is -1.19. The number of carbonyl (C=O) groups is 2. The summed E-state index contributed by atoms with van der Waals surface area (Å²) in [5.41, 5.74) is 0.0251.